The van der Waals surface area contributed by atoms with Crippen molar-refractivity contribution in [3.8, 4) is 6.07 Å². The van der Waals surface area contributed by atoms with Gasteiger partial charge >= 0.3 is 0 Å². The van der Waals surface area contributed by atoms with E-state index in [-0.39, 0.29) is 18.8 Å². The van der Waals surface area contributed by atoms with Gasteiger partial charge in [0.2, 0.25) is 0 Å². The predicted octanol–water partition coefficient (Wildman–Crippen LogP) is 1.82. The highest BCUT2D eigenvalue weighted by Gasteiger charge is 2.13. The van der Waals surface area contributed by atoms with Crippen molar-refractivity contribution in [3.05, 3.63) is 35.6 Å². The molecule has 1 atom stereocenters. The van der Waals surface area contributed by atoms with Crippen LogP contribution in [0, 0.1) is 17.1 Å². The van der Waals surface area contributed by atoms with Gasteiger partial charge in [-0.1, -0.05) is 18.2 Å². The van der Waals surface area contributed by atoms with Gasteiger partial charge in [-0.2, -0.15) is 5.26 Å². The normalized spacial score (nSPS) is 12.1. The minimum absolute atomic E-state index is 0.136. The summed E-state index contributed by atoms with van der Waals surface area (Å²) >= 11 is 0. The molecule has 0 bridgehead atoms. The minimum atomic E-state index is -0.411. The molecule has 0 spiro atoms. The van der Waals surface area contributed by atoms with Gasteiger partial charge in [0, 0.05) is 12.3 Å². The molecule has 13 heavy (non-hydrogen) atoms. The molecule has 1 aromatic rings. The smallest absolute Gasteiger partial charge is 0.126 e. The van der Waals surface area contributed by atoms with E-state index >= 15 is 0 Å². The summed E-state index contributed by atoms with van der Waals surface area (Å²) in [4.78, 5) is 0. The zero-order valence-corrected chi connectivity index (χ0v) is 7.07. The lowest BCUT2D eigenvalue weighted by molar-refractivity contribution is 0.264. The fourth-order valence-electron chi connectivity index (χ4n) is 1.19. The second-order valence-electron chi connectivity index (χ2n) is 2.76. The maximum atomic E-state index is 13.1. The molecule has 1 rings (SSSR count). The summed E-state index contributed by atoms with van der Waals surface area (Å²) in [7, 11) is 0. The Morgan fingerprint density at radius 3 is 2.69 bits per heavy atom. The second-order valence-corrected chi connectivity index (χ2v) is 2.76. The van der Waals surface area contributed by atoms with E-state index in [1.54, 1.807) is 18.2 Å². The van der Waals surface area contributed by atoms with Crippen molar-refractivity contribution in [2.45, 2.75) is 12.3 Å². The van der Waals surface area contributed by atoms with Crippen molar-refractivity contribution in [1.29, 1.82) is 5.26 Å². The van der Waals surface area contributed by atoms with Crippen LogP contribution in [0.3, 0.4) is 0 Å². The molecule has 0 saturated heterocycles. The first-order valence-corrected chi connectivity index (χ1v) is 4.01. The predicted molar refractivity (Wildman–Crippen MR) is 46.5 cm³/mol. The first kappa shape index (κ1) is 9.69. The molecule has 0 unspecified atom stereocenters. The molecule has 3 heteroatoms. The van der Waals surface area contributed by atoms with Crippen LogP contribution in [-0.4, -0.2) is 11.7 Å². The van der Waals surface area contributed by atoms with Crippen molar-refractivity contribution < 1.29 is 9.50 Å². The maximum absolute atomic E-state index is 13.1. The number of hydrogen-bond donors (Lipinski definition) is 1. The molecule has 0 saturated carbocycles. The molecule has 0 aliphatic heterocycles. The Balaban J connectivity index is 2.92. The van der Waals surface area contributed by atoms with Crippen LogP contribution >= 0.6 is 0 Å². The van der Waals surface area contributed by atoms with Crippen molar-refractivity contribution >= 4 is 0 Å². The van der Waals surface area contributed by atoms with Crippen LogP contribution in [0.5, 0.6) is 0 Å². The number of benzene rings is 1. The van der Waals surface area contributed by atoms with Crippen LogP contribution in [-0.2, 0) is 0 Å². The molecule has 2 nitrogen and oxygen atoms in total. The third-order valence-corrected chi connectivity index (χ3v) is 1.90. The van der Waals surface area contributed by atoms with Crippen molar-refractivity contribution in [2.75, 3.05) is 6.61 Å². The first-order chi connectivity index (χ1) is 6.29. The lowest BCUT2D eigenvalue weighted by Crippen LogP contribution is -2.05. The third-order valence-electron chi connectivity index (χ3n) is 1.90. The Labute approximate surface area is 76.2 Å². The van der Waals surface area contributed by atoms with Gasteiger partial charge < -0.3 is 5.11 Å². The number of aliphatic hydroxyl groups is 1. The average molecular weight is 179 g/mol. The van der Waals surface area contributed by atoms with E-state index in [1.165, 1.54) is 6.07 Å². The molecular formula is C10H10FNO. The van der Waals surface area contributed by atoms with Crippen LogP contribution in [0.1, 0.15) is 17.9 Å². The SMILES string of the molecule is N#CC[C@@H](CO)c1ccccc1F. The first-order valence-electron chi connectivity index (χ1n) is 4.01. The van der Waals surface area contributed by atoms with E-state index in [9.17, 15) is 4.39 Å². The Bertz CT molecular complexity index is 319. The van der Waals surface area contributed by atoms with Crippen LogP contribution in [0.15, 0.2) is 24.3 Å². The summed E-state index contributed by atoms with van der Waals surface area (Å²) in [5.41, 5.74) is 0.409. The van der Waals surface area contributed by atoms with E-state index in [1.807, 2.05) is 6.07 Å². The van der Waals surface area contributed by atoms with Gasteiger partial charge in [0.1, 0.15) is 5.82 Å². The number of hydrogen-bond acceptors (Lipinski definition) is 2. The number of nitrogens with zero attached hydrogens (tertiary/aromatic N) is 1. The number of halogens is 1. The summed E-state index contributed by atoms with van der Waals surface area (Å²) in [5.74, 6) is -0.775. The highest BCUT2D eigenvalue weighted by atomic mass is 19.1. The molecule has 0 amide bonds. The Morgan fingerprint density at radius 2 is 2.15 bits per heavy atom. The summed E-state index contributed by atoms with van der Waals surface area (Å²) < 4.78 is 13.1. The molecule has 0 aromatic heterocycles. The van der Waals surface area contributed by atoms with Gasteiger partial charge in [0.15, 0.2) is 0 Å². The highest BCUT2D eigenvalue weighted by molar-refractivity contribution is 5.22. The monoisotopic (exact) mass is 179 g/mol. The van der Waals surface area contributed by atoms with Gasteiger partial charge in [-0.25, -0.2) is 4.39 Å². The molecule has 68 valence electrons. The third kappa shape index (κ3) is 2.27. The van der Waals surface area contributed by atoms with E-state index in [2.05, 4.69) is 0 Å². The minimum Gasteiger partial charge on any atom is -0.396 e. The van der Waals surface area contributed by atoms with Crippen molar-refractivity contribution in [1.82, 2.24) is 0 Å². The van der Waals surface area contributed by atoms with Crippen LogP contribution in [0.4, 0.5) is 4.39 Å². The molecule has 0 radical (unpaired) electrons. The highest BCUT2D eigenvalue weighted by Crippen LogP contribution is 2.21. The van der Waals surface area contributed by atoms with Gasteiger partial charge in [0.05, 0.1) is 12.7 Å². The van der Waals surface area contributed by atoms with Crippen LogP contribution in [0.25, 0.3) is 0 Å². The van der Waals surface area contributed by atoms with Gasteiger partial charge in [-0.15, -0.1) is 0 Å². The number of aliphatic hydroxyl groups excluding tert-OH is 1. The van der Waals surface area contributed by atoms with Crippen molar-refractivity contribution in [3.63, 3.8) is 0 Å². The molecule has 1 aromatic carbocycles. The maximum Gasteiger partial charge on any atom is 0.126 e. The number of rotatable bonds is 3. The zero-order valence-electron chi connectivity index (χ0n) is 7.07. The molecule has 0 aliphatic rings. The Kier molecular flexibility index (Phi) is 3.41. The van der Waals surface area contributed by atoms with E-state index in [0.29, 0.717) is 5.56 Å². The second kappa shape index (κ2) is 4.58. The lowest BCUT2D eigenvalue weighted by atomic mass is 9.97. The van der Waals surface area contributed by atoms with Gasteiger partial charge in [-0.3, -0.25) is 0 Å². The van der Waals surface area contributed by atoms with E-state index < -0.39 is 5.92 Å². The lowest BCUT2D eigenvalue weighted by Gasteiger charge is -2.10. The summed E-state index contributed by atoms with van der Waals surface area (Å²) in [6, 6.07) is 8.11. The molecule has 0 heterocycles. The zero-order chi connectivity index (χ0) is 9.68. The summed E-state index contributed by atoms with van der Waals surface area (Å²) in [6.07, 6.45) is 0.136. The van der Waals surface area contributed by atoms with Crippen molar-refractivity contribution in [2.24, 2.45) is 0 Å². The van der Waals surface area contributed by atoms with Crippen LogP contribution in [0.2, 0.25) is 0 Å². The van der Waals surface area contributed by atoms with Crippen LogP contribution < -0.4 is 0 Å². The fourth-order valence-corrected chi connectivity index (χ4v) is 1.19. The number of nitriles is 1. The quantitative estimate of drug-likeness (QED) is 0.769. The largest absolute Gasteiger partial charge is 0.396 e. The molecule has 1 N–H and O–H groups in total. The molecule has 0 aliphatic carbocycles. The van der Waals surface area contributed by atoms with Gasteiger partial charge in [0.25, 0.3) is 0 Å². The Morgan fingerprint density at radius 1 is 1.46 bits per heavy atom. The summed E-state index contributed by atoms with van der Waals surface area (Å²) in [6.45, 7) is -0.200. The van der Waals surface area contributed by atoms with Gasteiger partial charge in [-0.05, 0) is 11.6 Å². The summed E-state index contributed by atoms with van der Waals surface area (Å²) in [5, 5.41) is 17.4. The standard InChI is InChI=1S/C10H10FNO/c11-10-4-2-1-3-9(10)8(7-13)5-6-12/h1-4,8,13H,5,7H2/t8-/m0/s1. The molecular weight excluding hydrogens is 169 g/mol. The van der Waals surface area contributed by atoms with E-state index in [0.717, 1.165) is 0 Å². The average Bonchev–Trinajstić information content (AvgIpc) is 2.16. The Hall–Kier alpha value is -1.40. The van der Waals surface area contributed by atoms with E-state index in [4.69, 9.17) is 10.4 Å². The molecule has 0 fully saturated rings. The topological polar surface area (TPSA) is 44.0 Å². The fraction of sp³-hybridized carbons (Fsp3) is 0.300.